The molecule has 1 aliphatic rings. The van der Waals surface area contributed by atoms with E-state index >= 15 is 0 Å². The van der Waals surface area contributed by atoms with Gasteiger partial charge in [0.15, 0.2) is 0 Å². The smallest absolute Gasteiger partial charge is 0.255 e. The van der Waals surface area contributed by atoms with Gasteiger partial charge in [-0.1, -0.05) is 22.9 Å². The molecule has 0 aliphatic carbocycles. The van der Waals surface area contributed by atoms with Gasteiger partial charge in [0.25, 0.3) is 5.91 Å². The van der Waals surface area contributed by atoms with Crippen LogP contribution in [0.2, 0.25) is 0 Å². The van der Waals surface area contributed by atoms with E-state index in [9.17, 15) is 4.79 Å². The number of carbonyl (C=O) groups excluding carboxylic acids is 1. The second-order valence-electron chi connectivity index (χ2n) is 6.55. The Morgan fingerprint density at radius 3 is 2.88 bits per heavy atom. The van der Waals surface area contributed by atoms with E-state index in [0.717, 1.165) is 40.9 Å². The van der Waals surface area contributed by atoms with E-state index in [4.69, 9.17) is 0 Å². The van der Waals surface area contributed by atoms with Gasteiger partial charge in [0, 0.05) is 29.4 Å². The van der Waals surface area contributed by atoms with Crippen LogP contribution in [0.5, 0.6) is 0 Å². The monoisotopic (exact) mass is 387 g/mol. The summed E-state index contributed by atoms with van der Waals surface area (Å²) in [6.45, 7) is 5.92. The Labute approximate surface area is 151 Å². The molecule has 0 radical (unpaired) electrons. The fourth-order valence-electron chi connectivity index (χ4n) is 3.07. The first kappa shape index (κ1) is 17.0. The first-order valence-electron chi connectivity index (χ1n) is 8.30. The Kier molecular flexibility index (Phi) is 5.19. The molecular formula is C19H22BrN3O. The molecular weight excluding hydrogens is 366 g/mol. The third-order valence-corrected chi connectivity index (χ3v) is 5.27. The van der Waals surface area contributed by atoms with Crippen LogP contribution in [0.1, 0.15) is 35.7 Å². The molecule has 2 heterocycles. The summed E-state index contributed by atoms with van der Waals surface area (Å²) in [6, 6.07) is 7.95. The molecule has 1 fully saturated rings. The summed E-state index contributed by atoms with van der Waals surface area (Å²) >= 11 is 3.50. The maximum atomic E-state index is 12.7. The van der Waals surface area contributed by atoms with Crippen LogP contribution in [0, 0.1) is 12.8 Å². The van der Waals surface area contributed by atoms with Gasteiger partial charge >= 0.3 is 0 Å². The highest BCUT2D eigenvalue weighted by Gasteiger charge is 2.22. The summed E-state index contributed by atoms with van der Waals surface area (Å²) in [4.78, 5) is 18.9. The number of nitrogens with zero attached hydrogens (tertiary/aromatic N) is 2. The van der Waals surface area contributed by atoms with Crippen LogP contribution >= 0.6 is 15.9 Å². The molecule has 2 aromatic rings. The number of likely N-dealkylation sites (tertiary alicyclic amines) is 1. The number of pyridine rings is 1. The van der Waals surface area contributed by atoms with Crippen molar-refractivity contribution in [1.29, 1.82) is 0 Å². The number of hydrogen-bond acceptors (Lipinski definition) is 3. The first-order valence-corrected chi connectivity index (χ1v) is 9.10. The van der Waals surface area contributed by atoms with Crippen molar-refractivity contribution in [2.45, 2.75) is 26.7 Å². The van der Waals surface area contributed by atoms with Crippen LogP contribution in [-0.4, -0.2) is 28.9 Å². The van der Waals surface area contributed by atoms with Gasteiger partial charge in [-0.15, -0.1) is 0 Å². The van der Waals surface area contributed by atoms with Gasteiger partial charge in [-0.05, 0) is 55.5 Å². The number of nitrogens with one attached hydrogen (secondary N) is 1. The lowest BCUT2D eigenvalue weighted by Gasteiger charge is -2.31. The maximum Gasteiger partial charge on any atom is 0.255 e. The van der Waals surface area contributed by atoms with Crippen molar-refractivity contribution in [2.75, 3.05) is 18.4 Å². The van der Waals surface area contributed by atoms with Gasteiger partial charge < -0.3 is 10.2 Å². The number of piperidine rings is 1. The third-order valence-electron chi connectivity index (χ3n) is 4.38. The molecule has 1 unspecified atom stereocenters. The number of benzene rings is 1. The number of carbonyl (C=O) groups is 1. The highest BCUT2D eigenvalue weighted by Crippen LogP contribution is 2.24. The van der Waals surface area contributed by atoms with Crippen molar-refractivity contribution >= 4 is 33.2 Å². The largest absolute Gasteiger partial charge is 0.354 e. The number of halogens is 1. The Bertz CT molecular complexity index is 747. The third kappa shape index (κ3) is 3.96. The van der Waals surface area contributed by atoms with Crippen molar-refractivity contribution in [3.05, 3.63) is 52.3 Å². The summed E-state index contributed by atoms with van der Waals surface area (Å²) in [5.74, 6) is 0.646. The first-order chi connectivity index (χ1) is 11.5. The second kappa shape index (κ2) is 7.34. The van der Waals surface area contributed by atoms with Gasteiger partial charge in [-0.3, -0.25) is 9.78 Å². The quantitative estimate of drug-likeness (QED) is 0.824. The minimum atomic E-state index is 0.0738. The normalized spacial score (nSPS) is 17.6. The van der Waals surface area contributed by atoms with Crippen molar-refractivity contribution in [3.63, 3.8) is 0 Å². The number of amides is 1. The summed E-state index contributed by atoms with van der Waals surface area (Å²) in [5.41, 5.74) is 3.60. The molecule has 0 saturated carbocycles. The SMILES string of the molecule is Cc1cc(Nc2cncc(C(=O)N3CCCC(C)C3)c2)ccc1Br. The molecule has 1 aliphatic heterocycles. The zero-order chi connectivity index (χ0) is 17.1. The molecule has 126 valence electrons. The molecule has 1 aromatic carbocycles. The molecule has 0 bridgehead atoms. The molecule has 1 aromatic heterocycles. The topological polar surface area (TPSA) is 45.2 Å². The van der Waals surface area contributed by atoms with Gasteiger partial charge in [0.2, 0.25) is 0 Å². The predicted octanol–water partition coefficient (Wildman–Crippen LogP) is 4.77. The molecule has 0 spiro atoms. The Morgan fingerprint density at radius 1 is 1.29 bits per heavy atom. The Balaban J connectivity index is 1.76. The molecule has 1 amide bonds. The molecule has 24 heavy (non-hydrogen) atoms. The lowest BCUT2D eigenvalue weighted by atomic mass is 10.00. The van der Waals surface area contributed by atoms with Crippen LogP contribution in [0.25, 0.3) is 0 Å². The zero-order valence-corrected chi connectivity index (χ0v) is 15.6. The lowest BCUT2D eigenvalue weighted by Crippen LogP contribution is -2.39. The van der Waals surface area contributed by atoms with Crippen LogP contribution in [0.3, 0.4) is 0 Å². The zero-order valence-electron chi connectivity index (χ0n) is 14.1. The summed E-state index contributed by atoms with van der Waals surface area (Å²) in [7, 11) is 0. The molecule has 1 N–H and O–H groups in total. The number of aryl methyl sites for hydroxylation is 1. The van der Waals surface area contributed by atoms with Crippen LogP contribution in [-0.2, 0) is 0 Å². The summed E-state index contributed by atoms with van der Waals surface area (Å²) in [5, 5.41) is 3.32. The Hall–Kier alpha value is -1.88. The van der Waals surface area contributed by atoms with Crippen molar-refractivity contribution < 1.29 is 4.79 Å². The molecule has 1 saturated heterocycles. The second-order valence-corrected chi connectivity index (χ2v) is 7.40. The average molecular weight is 388 g/mol. The number of anilines is 2. The predicted molar refractivity (Wildman–Crippen MR) is 101 cm³/mol. The van der Waals surface area contributed by atoms with Gasteiger partial charge in [0.1, 0.15) is 0 Å². The highest BCUT2D eigenvalue weighted by molar-refractivity contribution is 9.10. The molecule has 3 rings (SSSR count). The van der Waals surface area contributed by atoms with Gasteiger partial charge in [0.05, 0.1) is 17.4 Å². The molecule has 1 atom stereocenters. The van der Waals surface area contributed by atoms with E-state index in [1.807, 2.05) is 30.0 Å². The lowest BCUT2D eigenvalue weighted by molar-refractivity contribution is 0.0682. The van der Waals surface area contributed by atoms with E-state index < -0.39 is 0 Å². The van der Waals surface area contributed by atoms with Gasteiger partial charge in [-0.25, -0.2) is 0 Å². The Morgan fingerprint density at radius 2 is 2.12 bits per heavy atom. The molecule has 5 heteroatoms. The van der Waals surface area contributed by atoms with Gasteiger partial charge in [-0.2, -0.15) is 0 Å². The number of rotatable bonds is 3. The van der Waals surface area contributed by atoms with Crippen molar-refractivity contribution in [1.82, 2.24) is 9.88 Å². The van der Waals surface area contributed by atoms with E-state index in [2.05, 4.69) is 39.2 Å². The van der Waals surface area contributed by atoms with E-state index in [0.29, 0.717) is 11.5 Å². The number of hydrogen-bond donors (Lipinski definition) is 1. The average Bonchev–Trinajstić information content (AvgIpc) is 2.58. The van der Waals surface area contributed by atoms with E-state index in [1.165, 1.54) is 6.42 Å². The minimum Gasteiger partial charge on any atom is -0.354 e. The van der Waals surface area contributed by atoms with Crippen LogP contribution in [0.15, 0.2) is 41.1 Å². The van der Waals surface area contributed by atoms with E-state index in [-0.39, 0.29) is 5.91 Å². The maximum absolute atomic E-state index is 12.7. The van der Waals surface area contributed by atoms with E-state index in [1.54, 1.807) is 12.4 Å². The van der Waals surface area contributed by atoms with Crippen LogP contribution in [0.4, 0.5) is 11.4 Å². The molecule has 4 nitrogen and oxygen atoms in total. The number of aromatic nitrogens is 1. The highest BCUT2D eigenvalue weighted by atomic mass is 79.9. The summed E-state index contributed by atoms with van der Waals surface area (Å²) < 4.78 is 1.08. The standard InChI is InChI=1S/C19H22BrN3O/c1-13-4-3-7-23(12-13)19(24)15-9-17(11-21-10-15)22-16-5-6-18(20)14(2)8-16/h5-6,8-11,13,22H,3-4,7,12H2,1-2H3. The van der Waals surface area contributed by atoms with Crippen molar-refractivity contribution in [3.8, 4) is 0 Å². The van der Waals surface area contributed by atoms with Crippen LogP contribution < -0.4 is 5.32 Å². The minimum absolute atomic E-state index is 0.0738. The fraction of sp³-hybridized carbons (Fsp3) is 0.368. The fourth-order valence-corrected chi connectivity index (χ4v) is 3.32. The summed E-state index contributed by atoms with van der Waals surface area (Å²) in [6.07, 6.45) is 5.68. The van der Waals surface area contributed by atoms with Crippen molar-refractivity contribution in [2.24, 2.45) is 5.92 Å².